The lowest BCUT2D eigenvalue weighted by molar-refractivity contribution is -0.143. The summed E-state index contributed by atoms with van der Waals surface area (Å²) in [6.45, 7) is 6.66. The quantitative estimate of drug-likeness (QED) is 0.341. The number of benzene rings is 2. The molecule has 2 aromatic carbocycles. The smallest absolute Gasteiger partial charge is 0.408 e. The van der Waals surface area contributed by atoms with Crippen LogP contribution in [0.3, 0.4) is 0 Å². The zero-order valence-electron chi connectivity index (χ0n) is 22.1. The van der Waals surface area contributed by atoms with Gasteiger partial charge in [-0.1, -0.05) is 24.3 Å². The SMILES string of the molecule is COCCOCc1cc(OC)c(-c2ccc(C[C@H](NC(=O)OC(C)(C)C)C(=O)OC)cc2)c(OC)c1. The number of hydrogen-bond acceptors (Lipinski definition) is 8. The Bertz CT molecular complexity index is 973. The fourth-order valence-corrected chi connectivity index (χ4v) is 3.49. The molecule has 0 saturated carbocycles. The van der Waals surface area contributed by atoms with Crippen LogP contribution in [0.1, 0.15) is 31.9 Å². The molecule has 0 aliphatic rings. The zero-order chi connectivity index (χ0) is 26.7. The van der Waals surface area contributed by atoms with E-state index in [2.05, 4.69) is 5.32 Å². The van der Waals surface area contributed by atoms with Gasteiger partial charge in [0.25, 0.3) is 0 Å². The number of ether oxygens (including phenoxy) is 6. The van der Waals surface area contributed by atoms with Crippen molar-refractivity contribution in [2.75, 3.05) is 41.7 Å². The molecular weight excluding hydrogens is 466 g/mol. The lowest BCUT2D eigenvalue weighted by Gasteiger charge is -2.22. The summed E-state index contributed by atoms with van der Waals surface area (Å²) < 4.78 is 32.1. The molecule has 0 aliphatic heterocycles. The summed E-state index contributed by atoms with van der Waals surface area (Å²) >= 11 is 0. The third-order valence-electron chi connectivity index (χ3n) is 5.13. The maximum Gasteiger partial charge on any atom is 0.408 e. The van der Waals surface area contributed by atoms with Gasteiger partial charge in [0.05, 0.1) is 46.7 Å². The van der Waals surface area contributed by atoms with Gasteiger partial charge in [-0.05, 0) is 49.6 Å². The van der Waals surface area contributed by atoms with Crippen LogP contribution in [0.25, 0.3) is 11.1 Å². The highest BCUT2D eigenvalue weighted by atomic mass is 16.6. The Hall–Kier alpha value is -3.30. The molecule has 1 atom stereocenters. The van der Waals surface area contributed by atoms with E-state index >= 15 is 0 Å². The molecule has 9 heteroatoms. The van der Waals surface area contributed by atoms with Crippen molar-refractivity contribution in [3.05, 3.63) is 47.5 Å². The highest BCUT2D eigenvalue weighted by Gasteiger charge is 2.25. The second-order valence-corrected chi connectivity index (χ2v) is 9.04. The predicted molar refractivity (Wildman–Crippen MR) is 135 cm³/mol. The van der Waals surface area contributed by atoms with Crippen LogP contribution in [0, 0.1) is 0 Å². The number of esters is 1. The third kappa shape index (κ3) is 8.73. The number of carbonyl (C=O) groups is 2. The highest BCUT2D eigenvalue weighted by molar-refractivity contribution is 5.82. The first-order valence-corrected chi connectivity index (χ1v) is 11.6. The van der Waals surface area contributed by atoms with Crippen LogP contribution >= 0.6 is 0 Å². The summed E-state index contributed by atoms with van der Waals surface area (Å²) in [6, 6.07) is 10.5. The first-order valence-electron chi connectivity index (χ1n) is 11.6. The molecule has 198 valence electrons. The molecule has 0 unspecified atom stereocenters. The van der Waals surface area contributed by atoms with E-state index in [1.807, 2.05) is 36.4 Å². The largest absolute Gasteiger partial charge is 0.496 e. The maximum absolute atomic E-state index is 12.3. The fraction of sp³-hybridized carbons (Fsp3) is 0.481. The number of rotatable bonds is 12. The molecule has 0 aromatic heterocycles. The van der Waals surface area contributed by atoms with Gasteiger partial charge in [-0.3, -0.25) is 0 Å². The van der Waals surface area contributed by atoms with Crippen LogP contribution in [0.5, 0.6) is 11.5 Å². The van der Waals surface area contributed by atoms with Crippen LogP contribution in [0.15, 0.2) is 36.4 Å². The third-order valence-corrected chi connectivity index (χ3v) is 5.13. The van der Waals surface area contributed by atoms with E-state index in [0.717, 1.165) is 22.3 Å². The molecule has 0 fully saturated rings. The number of carbonyl (C=O) groups excluding carboxylic acids is 2. The Morgan fingerprint density at radius 2 is 1.50 bits per heavy atom. The van der Waals surface area contributed by atoms with Gasteiger partial charge in [0.15, 0.2) is 0 Å². The fourth-order valence-electron chi connectivity index (χ4n) is 3.49. The van der Waals surface area contributed by atoms with E-state index in [9.17, 15) is 9.59 Å². The normalized spacial score (nSPS) is 12.0. The topological polar surface area (TPSA) is 102 Å². The number of hydrogen-bond donors (Lipinski definition) is 1. The standard InChI is InChI=1S/C27H37NO8/c1-27(2,3)36-26(30)28-21(25(29)34-7)14-18-8-10-20(11-9-18)24-22(32-5)15-19(16-23(24)33-6)17-35-13-12-31-4/h8-11,15-16,21H,12-14,17H2,1-7H3,(H,28,30)/t21-/m0/s1. The molecule has 1 amide bonds. The molecule has 1 N–H and O–H groups in total. The summed E-state index contributed by atoms with van der Waals surface area (Å²) in [6.07, 6.45) is -0.451. The molecule has 0 radical (unpaired) electrons. The van der Waals surface area contributed by atoms with Crippen molar-refractivity contribution in [1.29, 1.82) is 0 Å². The van der Waals surface area contributed by atoms with Gasteiger partial charge in [-0.25, -0.2) is 9.59 Å². The van der Waals surface area contributed by atoms with Crippen molar-refractivity contribution in [3.8, 4) is 22.6 Å². The van der Waals surface area contributed by atoms with Crippen LogP contribution in [-0.2, 0) is 36.8 Å². The van der Waals surface area contributed by atoms with Gasteiger partial charge in [0.2, 0.25) is 0 Å². The average molecular weight is 504 g/mol. The minimum absolute atomic E-state index is 0.234. The number of alkyl carbamates (subject to hydrolysis) is 1. The van der Waals surface area contributed by atoms with E-state index in [1.165, 1.54) is 7.11 Å². The average Bonchev–Trinajstić information content (AvgIpc) is 2.84. The van der Waals surface area contributed by atoms with Crippen LogP contribution in [0.2, 0.25) is 0 Å². The minimum atomic E-state index is -0.892. The van der Waals surface area contributed by atoms with Gasteiger partial charge >= 0.3 is 12.1 Å². The van der Waals surface area contributed by atoms with Crippen molar-refractivity contribution in [2.45, 2.75) is 45.4 Å². The summed E-state index contributed by atoms with van der Waals surface area (Å²) in [5, 5.41) is 2.59. The molecule has 0 aliphatic carbocycles. The van der Waals surface area contributed by atoms with Crippen LogP contribution in [-0.4, -0.2) is 65.4 Å². The molecule has 2 rings (SSSR count). The summed E-state index contributed by atoms with van der Waals surface area (Å²) in [7, 11) is 6.11. The first kappa shape index (κ1) is 28.9. The van der Waals surface area contributed by atoms with Gasteiger partial charge in [-0.2, -0.15) is 0 Å². The van der Waals surface area contributed by atoms with Crippen molar-refractivity contribution < 1.29 is 38.0 Å². The van der Waals surface area contributed by atoms with Crippen LogP contribution in [0.4, 0.5) is 4.79 Å². The van der Waals surface area contributed by atoms with Crippen molar-refractivity contribution in [3.63, 3.8) is 0 Å². The number of methoxy groups -OCH3 is 4. The van der Waals surface area contributed by atoms with Gasteiger partial charge in [-0.15, -0.1) is 0 Å². The van der Waals surface area contributed by atoms with E-state index in [0.29, 0.717) is 31.3 Å². The Balaban J connectivity index is 2.24. The molecule has 2 aromatic rings. The van der Waals surface area contributed by atoms with Gasteiger partial charge in [0, 0.05) is 13.5 Å². The van der Waals surface area contributed by atoms with Gasteiger partial charge < -0.3 is 33.7 Å². The van der Waals surface area contributed by atoms with E-state index in [1.54, 1.807) is 42.1 Å². The molecule has 36 heavy (non-hydrogen) atoms. The Morgan fingerprint density at radius 3 is 2.00 bits per heavy atom. The highest BCUT2D eigenvalue weighted by Crippen LogP contribution is 2.40. The summed E-state index contributed by atoms with van der Waals surface area (Å²) in [5.74, 6) is 0.731. The summed E-state index contributed by atoms with van der Waals surface area (Å²) in [4.78, 5) is 24.5. The van der Waals surface area contributed by atoms with E-state index < -0.39 is 23.7 Å². The second-order valence-electron chi connectivity index (χ2n) is 9.04. The van der Waals surface area contributed by atoms with Gasteiger partial charge in [0.1, 0.15) is 23.1 Å². The van der Waals surface area contributed by atoms with Crippen molar-refractivity contribution >= 4 is 12.1 Å². The summed E-state index contributed by atoms with van der Waals surface area (Å²) in [5.41, 5.74) is 2.72. The molecular formula is C27H37NO8. The molecule has 0 bridgehead atoms. The Morgan fingerprint density at radius 1 is 0.889 bits per heavy atom. The van der Waals surface area contributed by atoms with Crippen molar-refractivity contribution in [2.24, 2.45) is 0 Å². The molecule has 0 spiro atoms. The van der Waals surface area contributed by atoms with E-state index in [-0.39, 0.29) is 6.42 Å². The minimum Gasteiger partial charge on any atom is -0.496 e. The Kier molecular flexibility index (Phi) is 11.0. The predicted octanol–water partition coefficient (Wildman–Crippen LogP) is 4.14. The first-order chi connectivity index (χ1) is 17.1. The number of amides is 1. The molecule has 0 heterocycles. The molecule has 9 nitrogen and oxygen atoms in total. The van der Waals surface area contributed by atoms with Crippen molar-refractivity contribution in [1.82, 2.24) is 5.32 Å². The maximum atomic E-state index is 12.3. The lowest BCUT2D eigenvalue weighted by Crippen LogP contribution is -2.45. The van der Waals surface area contributed by atoms with Crippen LogP contribution < -0.4 is 14.8 Å². The monoisotopic (exact) mass is 503 g/mol. The Labute approximate surface area is 213 Å². The number of nitrogens with one attached hydrogen (secondary N) is 1. The second kappa shape index (κ2) is 13.7. The zero-order valence-corrected chi connectivity index (χ0v) is 22.1. The lowest BCUT2D eigenvalue weighted by atomic mass is 9.98. The molecule has 0 saturated heterocycles. The van der Waals surface area contributed by atoms with E-state index in [4.69, 9.17) is 28.4 Å².